The molecule has 0 bridgehead atoms. The normalized spacial score (nSPS) is 14.2. The van der Waals surface area contributed by atoms with Crippen LogP contribution in [0.3, 0.4) is 0 Å². The third-order valence-electron chi connectivity index (χ3n) is 3.03. The molecule has 0 spiro atoms. The Labute approximate surface area is 112 Å². The summed E-state index contributed by atoms with van der Waals surface area (Å²) in [6.45, 7) is 1.61. The molecule has 4 N–H and O–H groups in total. The van der Waals surface area contributed by atoms with Crippen LogP contribution in [0.15, 0.2) is 24.3 Å². The summed E-state index contributed by atoms with van der Waals surface area (Å²) in [4.78, 5) is 25.1. The lowest BCUT2D eigenvalue weighted by molar-refractivity contribution is -0.128. The molecule has 3 amide bonds. The molecule has 1 aliphatic rings. The second-order valence-electron chi connectivity index (χ2n) is 4.52. The first kappa shape index (κ1) is 13.2. The standard InChI is InChI=1S/C13H18N4O2/c14-10-3-5-11(6-4-10)16-13(19)15-9-12(18)17-7-1-2-8-17/h3-6H,1-2,7-9,14H2,(H2,15,16,19). The van der Waals surface area contributed by atoms with Gasteiger partial charge in [0.15, 0.2) is 0 Å². The van der Waals surface area contributed by atoms with Crippen molar-refractivity contribution < 1.29 is 9.59 Å². The molecule has 1 fully saturated rings. The van der Waals surface area contributed by atoms with Gasteiger partial charge in [-0.15, -0.1) is 0 Å². The third kappa shape index (κ3) is 3.87. The van der Waals surface area contributed by atoms with Crippen LogP contribution in [0.1, 0.15) is 12.8 Å². The topological polar surface area (TPSA) is 87.5 Å². The first-order valence-electron chi connectivity index (χ1n) is 6.33. The van der Waals surface area contributed by atoms with E-state index in [1.54, 1.807) is 29.2 Å². The van der Waals surface area contributed by atoms with Crippen LogP contribution in [0, 0.1) is 0 Å². The Balaban J connectivity index is 1.75. The summed E-state index contributed by atoms with van der Waals surface area (Å²) in [6, 6.07) is 6.42. The van der Waals surface area contributed by atoms with Gasteiger partial charge in [-0.05, 0) is 37.1 Å². The van der Waals surface area contributed by atoms with E-state index in [4.69, 9.17) is 5.73 Å². The van der Waals surface area contributed by atoms with Crippen molar-refractivity contribution in [3.05, 3.63) is 24.3 Å². The van der Waals surface area contributed by atoms with Crippen molar-refractivity contribution in [1.29, 1.82) is 0 Å². The van der Waals surface area contributed by atoms with E-state index in [0.717, 1.165) is 25.9 Å². The zero-order valence-electron chi connectivity index (χ0n) is 10.7. The van der Waals surface area contributed by atoms with Crippen LogP contribution < -0.4 is 16.4 Å². The van der Waals surface area contributed by atoms with Gasteiger partial charge in [0.05, 0.1) is 6.54 Å². The zero-order chi connectivity index (χ0) is 13.7. The zero-order valence-corrected chi connectivity index (χ0v) is 10.7. The fraction of sp³-hybridized carbons (Fsp3) is 0.385. The van der Waals surface area contributed by atoms with Gasteiger partial charge in [0.2, 0.25) is 5.91 Å². The van der Waals surface area contributed by atoms with Crippen molar-refractivity contribution >= 4 is 23.3 Å². The Morgan fingerprint density at radius 1 is 1.16 bits per heavy atom. The van der Waals surface area contributed by atoms with Gasteiger partial charge in [0.1, 0.15) is 0 Å². The predicted molar refractivity (Wildman–Crippen MR) is 73.7 cm³/mol. The molecule has 1 heterocycles. The minimum Gasteiger partial charge on any atom is -0.399 e. The number of hydrogen-bond acceptors (Lipinski definition) is 3. The number of likely N-dealkylation sites (tertiary alicyclic amines) is 1. The number of hydrogen-bond donors (Lipinski definition) is 3. The van der Waals surface area contributed by atoms with Crippen molar-refractivity contribution in [2.75, 3.05) is 30.7 Å². The summed E-state index contributed by atoms with van der Waals surface area (Å²) < 4.78 is 0. The van der Waals surface area contributed by atoms with Crippen LogP contribution >= 0.6 is 0 Å². The Bertz CT molecular complexity index is 452. The highest BCUT2D eigenvalue weighted by molar-refractivity contribution is 5.92. The van der Waals surface area contributed by atoms with Crippen LogP contribution in [0.25, 0.3) is 0 Å². The number of benzene rings is 1. The predicted octanol–water partition coefficient (Wildman–Crippen LogP) is 1.01. The molecular formula is C13H18N4O2. The molecule has 0 unspecified atom stereocenters. The van der Waals surface area contributed by atoms with Gasteiger partial charge in [-0.3, -0.25) is 4.79 Å². The van der Waals surface area contributed by atoms with Crippen molar-refractivity contribution in [1.82, 2.24) is 10.2 Å². The van der Waals surface area contributed by atoms with Crippen molar-refractivity contribution in [3.63, 3.8) is 0 Å². The van der Waals surface area contributed by atoms with E-state index in [1.165, 1.54) is 0 Å². The molecule has 0 saturated carbocycles. The summed E-state index contributed by atoms with van der Waals surface area (Å²) >= 11 is 0. The van der Waals surface area contributed by atoms with E-state index in [2.05, 4.69) is 10.6 Å². The highest BCUT2D eigenvalue weighted by Gasteiger charge is 2.17. The second-order valence-corrected chi connectivity index (χ2v) is 4.52. The molecule has 0 radical (unpaired) electrons. The van der Waals surface area contributed by atoms with Gasteiger partial charge >= 0.3 is 6.03 Å². The number of rotatable bonds is 3. The van der Waals surface area contributed by atoms with E-state index in [9.17, 15) is 9.59 Å². The number of nitrogens with one attached hydrogen (secondary N) is 2. The summed E-state index contributed by atoms with van der Waals surface area (Å²) in [5.41, 5.74) is 6.82. The van der Waals surface area contributed by atoms with Crippen LogP contribution in [0.2, 0.25) is 0 Å². The molecule has 0 aliphatic carbocycles. The molecule has 2 rings (SSSR count). The SMILES string of the molecule is Nc1ccc(NC(=O)NCC(=O)N2CCCC2)cc1. The minimum atomic E-state index is -0.391. The van der Waals surface area contributed by atoms with E-state index < -0.39 is 6.03 Å². The second kappa shape index (κ2) is 6.08. The van der Waals surface area contributed by atoms with Crippen LogP contribution in [-0.2, 0) is 4.79 Å². The lowest BCUT2D eigenvalue weighted by Gasteiger charge is -2.15. The average molecular weight is 262 g/mol. The van der Waals surface area contributed by atoms with Crippen LogP contribution in [-0.4, -0.2) is 36.5 Å². The lowest BCUT2D eigenvalue weighted by Crippen LogP contribution is -2.40. The summed E-state index contributed by atoms with van der Waals surface area (Å²) in [5, 5.41) is 5.19. The monoisotopic (exact) mass is 262 g/mol. The molecule has 19 heavy (non-hydrogen) atoms. The van der Waals surface area contributed by atoms with Gasteiger partial charge in [0.25, 0.3) is 0 Å². The van der Waals surface area contributed by atoms with Gasteiger partial charge in [-0.1, -0.05) is 0 Å². The Morgan fingerprint density at radius 3 is 2.42 bits per heavy atom. The molecule has 6 heteroatoms. The fourth-order valence-corrected chi connectivity index (χ4v) is 1.98. The first-order valence-corrected chi connectivity index (χ1v) is 6.33. The molecule has 1 saturated heterocycles. The molecule has 1 aromatic carbocycles. The van der Waals surface area contributed by atoms with E-state index in [0.29, 0.717) is 11.4 Å². The maximum Gasteiger partial charge on any atom is 0.319 e. The van der Waals surface area contributed by atoms with Crippen LogP contribution in [0.5, 0.6) is 0 Å². The Morgan fingerprint density at radius 2 is 1.79 bits per heavy atom. The largest absolute Gasteiger partial charge is 0.399 e. The number of carbonyl (C=O) groups excluding carboxylic acids is 2. The van der Waals surface area contributed by atoms with Crippen molar-refractivity contribution in [2.45, 2.75) is 12.8 Å². The molecule has 1 aromatic rings. The quantitative estimate of drug-likeness (QED) is 0.710. The summed E-state index contributed by atoms with van der Waals surface area (Å²) in [7, 11) is 0. The molecule has 1 aliphatic heterocycles. The third-order valence-corrected chi connectivity index (χ3v) is 3.03. The summed E-state index contributed by atoms with van der Waals surface area (Å²) in [5.74, 6) is -0.0371. The van der Waals surface area contributed by atoms with E-state index in [1.807, 2.05) is 0 Å². The number of amides is 3. The van der Waals surface area contributed by atoms with Gasteiger partial charge in [-0.2, -0.15) is 0 Å². The maximum atomic E-state index is 11.7. The first-order chi connectivity index (χ1) is 9.15. The van der Waals surface area contributed by atoms with E-state index in [-0.39, 0.29) is 12.5 Å². The number of nitrogens with zero attached hydrogens (tertiary/aromatic N) is 1. The summed E-state index contributed by atoms with van der Waals surface area (Å²) in [6.07, 6.45) is 2.09. The molecule has 0 aromatic heterocycles. The van der Waals surface area contributed by atoms with Crippen molar-refractivity contribution in [2.24, 2.45) is 0 Å². The van der Waals surface area contributed by atoms with Gasteiger partial charge in [0, 0.05) is 24.5 Å². The van der Waals surface area contributed by atoms with Crippen molar-refractivity contribution in [3.8, 4) is 0 Å². The van der Waals surface area contributed by atoms with Gasteiger partial charge < -0.3 is 21.3 Å². The number of nitrogens with two attached hydrogens (primary N) is 1. The average Bonchev–Trinajstić information content (AvgIpc) is 2.93. The van der Waals surface area contributed by atoms with E-state index >= 15 is 0 Å². The maximum absolute atomic E-state index is 11.7. The minimum absolute atomic E-state index is 0.0286. The highest BCUT2D eigenvalue weighted by Crippen LogP contribution is 2.10. The fourth-order valence-electron chi connectivity index (χ4n) is 1.98. The number of nitrogen functional groups attached to an aromatic ring is 1. The molecular weight excluding hydrogens is 244 g/mol. The Hall–Kier alpha value is -2.24. The highest BCUT2D eigenvalue weighted by atomic mass is 16.2. The molecule has 0 atom stereocenters. The number of carbonyl (C=O) groups is 2. The van der Waals surface area contributed by atoms with Crippen LogP contribution in [0.4, 0.5) is 16.2 Å². The molecule has 6 nitrogen and oxygen atoms in total. The molecule has 102 valence electrons. The number of urea groups is 1. The van der Waals surface area contributed by atoms with Gasteiger partial charge in [-0.25, -0.2) is 4.79 Å². The Kier molecular flexibility index (Phi) is 4.22. The lowest BCUT2D eigenvalue weighted by atomic mass is 10.3. The smallest absolute Gasteiger partial charge is 0.319 e. The number of anilines is 2.